The molecule has 1 atom stereocenters. The molecule has 0 fully saturated rings. The molecule has 0 saturated heterocycles. The van der Waals surface area contributed by atoms with Crippen molar-refractivity contribution >= 4 is 28.3 Å². The molecule has 1 unspecified atom stereocenters. The van der Waals surface area contributed by atoms with Crippen molar-refractivity contribution in [1.29, 1.82) is 0 Å². The minimum atomic E-state index is -1.25. The third kappa shape index (κ3) is 3.34. The van der Waals surface area contributed by atoms with Crippen molar-refractivity contribution in [3.63, 3.8) is 0 Å². The molecule has 5 heteroatoms. The fourth-order valence-corrected chi connectivity index (χ4v) is 2.59. The number of benzene rings is 2. The number of hydrogen-bond acceptors (Lipinski definition) is 3. The Balaban J connectivity index is 2.69. The molecule has 0 bridgehead atoms. The van der Waals surface area contributed by atoms with Gasteiger partial charge in [-0.05, 0) is 50.8 Å². The van der Waals surface area contributed by atoms with E-state index in [1.54, 1.807) is 45.9 Å². The molecule has 2 aromatic carbocycles. The number of aromatic hydroxyl groups is 1. The summed E-state index contributed by atoms with van der Waals surface area (Å²) in [7, 11) is 0. The fourth-order valence-electron chi connectivity index (χ4n) is 2.42. The van der Waals surface area contributed by atoms with Crippen molar-refractivity contribution in [1.82, 2.24) is 0 Å². The first-order chi connectivity index (χ1) is 10.1. The maximum atomic E-state index is 11.6. The predicted molar refractivity (Wildman–Crippen MR) is 86.6 cm³/mol. The highest BCUT2D eigenvalue weighted by atomic mass is 35.5. The highest BCUT2D eigenvalue weighted by Gasteiger charge is 2.31. The number of carboxylic acids is 1. The second-order valence-electron chi connectivity index (χ2n) is 6.27. The number of fused-ring (bicyclic) bond motifs is 1. The molecule has 0 heterocycles. The molecule has 0 aromatic heterocycles. The van der Waals surface area contributed by atoms with Crippen LogP contribution in [0.25, 0.3) is 10.8 Å². The van der Waals surface area contributed by atoms with Crippen molar-refractivity contribution in [2.24, 2.45) is 0 Å². The minimum absolute atomic E-state index is 0.103. The lowest BCUT2D eigenvalue weighted by molar-refractivity contribution is -0.160. The molecule has 4 nitrogen and oxygen atoms in total. The predicted octanol–water partition coefficient (Wildman–Crippen LogP) is 4.45. The molecule has 2 aromatic rings. The number of carbonyl (C=O) groups is 1. The molecule has 0 aliphatic rings. The summed E-state index contributed by atoms with van der Waals surface area (Å²) in [6.45, 7) is 7.07. The summed E-state index contributed by atoms with van der Waals surface area (Å²) < 4.78 is 5.63. The number of halogens is 1. The first-order valence-electron chi connectivity index (χ1n) is 6.92. The van der Waals surface area contributed by atoms with E-state index in [4.69, 9.17) is 16.3 Å². The van der Waals surface area contributed by atoms with Gasteiger partial charge in [0.2, 0.25) is 0 Å². The molecule has 0 spiro atoms. The molecule has 22 heavy (non-hydrogen) atoms. The van der Waals surface area contributed by atoms with Crippen LogP contribution < -0.4 is 0 Å². The Labute approximate surface area is 134 Å². The van der Waals surface area contributed by atoms with Crippen LogP contribution in [0.1, 0.15) is 38.0 Å². The summed E-state index contributed by atoms with van der Waals surface area (Å²) in [5, 5.41) is 21.9. The first kappa shape index (κ1) is 16.6. The smallest absolute Gasteiger partial charge is 0.337 e. The Morgan fingerprint density at radius 2 is 1.91 bits per heavy atom. The van der Waals surface area contributed by atoms with Crippen LogP contribution in [0, 0.1) is 6.92 Å². The van der Waals surface area contributed by atoms with Gasteiger partial charge in [-0.25, -0.2) is 4.79 Å². The number of aliphatic carboxylic acids is 1. The molecule has 0 aliphatic carbocycles. The van der Waals surface area contributed by atoms with E-state index in [9.17, 15) is 15.0 Å². The SMILES string of the molecule is Cc1cc2ccc(Cl)cc2c(O)c1C(OC(C)(C)C)C(=O)O. The van der Waals surface area contributed by atoms with Crippen LogP contribution in [-0.4, -0.2) is 21.8 Å². The van der Waals surface area contributed by atoms with Crippen LogP contribution in [0.2, 0.25) is 5.02 Å². The zero-order valence-electron chi connectivity index (χ0n) is 13.0. The minimum Gasteiger partial charge on any atom is -0.507 e. The van der Waals surface area contributed by atoms with Gasteiger partial charge in [0.25, 0.3) is 0 Å². The average Bonchev–Trinajstić information content (AvgIpc) is 2.37. The normalized spacial score (nSPS) is 13.3. The van der Waals surface area contributed by atoms with Gasteiger partial charge < -0.3 is 14.9 Å². The number of rotatable bonds is 3. The summed E-state index contributed by atoms with van der Waals surface area (Å²) in [5.74, 6) is -1.25. The highest BCUT2D eigenvalue weighted by molar-refractivity contribution is 6.31. The second kappa shape index (κ2) is 5.78. The van der Waals surface area contributed by atoms with Gasteiger partial charge in [-0.15, -0.1) is 0 Å². The zero-order chi connectivity index (χ0) is 16.7. The van der Waals surface area contributed by atoms with Crippen molar-refractivity contribution < 1.29 is 19.7 Å². The third-order valence-electron chi connectivity index (χ3n) is 3.28. The van der Waals surface area contributed by atoms with Crippen LogP contribution in [0.3, 0.4) is 0 Å². The maximum Gasteiger partial charge on any atom is 0.337 e. The van der Waals surface area contributed by atoms with E-state index in [1.165, 1.54) is 0 Å². The number of aryl methyl sites for hydroxylation is 1. The molecule has 0 saturated carbocycles. The lowest BCUT2D eigenvalue weighted by Crippen LogP contribution is -2.27. The number of phenolic OH excluding ortho intramolecular Hbond substituents is 1. The van der Waals surface area contributed by atoms with Crippen LogP contribution in [0.5, 0.6) is 5.75 Å². The number of hydrogen-bond donors (Lipinski definition) is 2. The van der Waals surface area contributed by atoms with Gasteiger partial charge in [-0.1, -0.05) is 23.7 Å². The summed E-state index contributed by atoms with van der Waals surface area (Å²) in [5.41, 5.74) is 0.256. The quantitative estimate of drug-likeness (QED) is 0.876. The monoisotopic (exact) mass is 322 g/mol. The fraction of sp³-hybridized carbons (Fsp3) is 0.353. The Morgan fingerprint density at radius 3 is 2.45 bits per heavy atom. The van der Waals surface area contributed by atoms with Gasteiger partial charge in [-0.3, -0.25) is 0 Å². The molecular formula is C17H19ClO4. The third-order valence-corrected chi connectivity index (χ3v) is 3.52. The van der Waals surface area contributed by atoms with E-state index in [-0.39, 0.29) is 11.3 Å². The van der Waals surface area contributed by atoms with Crippen LogP contribution >= 0.6 is 11.6 Å². The van der Waals surface area contributed by atoms with Gasteiger partial charge in [0.15, 0.2) is 6.10 Å². The summed E-state index contributed by atoms with van der Waals surface area (Å²) in [6, 6.07) is 6.95. The molecule has 0 radical (unpaired) electrons. The number of phenols is 1. The Kier molecular flexibility index (Phi) is 4.36. The molecule has 0 amide bonds. The second-order valence-corrected chi connectivity index (χ2v) is 6.71. The summed E-state index contributed by atoms with van der Waals surface area (Å²) in [6.07, 6.45) is -1.25. The van der Waals surface area contributed by atoms with Crippen molar-refractivity contribution in [2.75, 3.05) is 0 Å². The molecule has 2 rings (SSSR count). The van der Waals surface area contributed by atoms with Crippen molar-refractivity contribution in [3.05, 3.63) is 40.4 Å². The van der Waals surface area contributed by atoms with Gasteiger partial charge in [0.05, 0.1) is 5.60 Å². The Bertz CT molecular complexity index is 731. The van der Waals surface area contributed by atoms with Crippen LogP contribution in [-0.2, 0) is 9.53 Å². The summed E-state index contributed by atoms with van der Waals surface area (Å²) >= 11 is 5.97. The highest BCUT2D eigenvalue weighted by Crippen LogP contribution is 2.39. The van der Waals surface area contributed by atoms with Gasteiger partial charge in [-0.2, -0.15) is 0 Å². The first-order valence-corrected chi connectivity index (χ1v) is 7.30. The van der Waals surface area contributed by atoms with E-state index in [2.05, 4.69) is 0 Å². The number of carboxylic acid groups (broad SMARTS) is 1. The van der Waals surface area contributed by atoms with E-state index in [0.717, 1.165) is 5.39 Å². The zero-order valence-corrected chi connectivity index (χ0v) is 13.7. The molecule has 118 valence electrons. The van der Waals surface area contributed by atoms with E-state index in [0.29, 0.717) is 16.0 Å². The lowest BCUT2D eigenvalue weighted by atomic mass is 9.96. The summed E-state index contributed by atoms with van der Waals surface area (Å²) in [4.78, 5) is 11.6. The van der Waals surface area contributed by atoms with E-state index < -0.39 is 17.7 Å². The van der Waals surface area contributed by atoms with Gasteiger partial charge in [0.1, 0.15) is 5.75 Å². The standard InChI is InChI=1S/C17H19ClO4/c1-9-7-10-5-6-11(18)8-12(10)14(19)13(9)15(16(20)21)22-17(2,3)4/h5-8,15,19H,1-4H3,(H,20,21). The topological polar surface area (TPSA) is 66.8 Å². The van der Waals surface area contributed by atoms with E-state index in [1.807, 2.05) is 6.07 Å². The average molecular weight is 323 g/mol. The van der Waals surface area contributed by atoms with Crippen molar-refractivity contribution in [3.8, 4) is 5.75 Å². The van der Waals surface area contributed by atoms with E-state index >= 15 is 0 Å². The molecule has 2 N–H and O–H groups in total. The maximum absolute atomic E-state index is 11.6. The molecular weight excluding hydrogens is 304 g/mol. The van der Waals surface area contributed by atoms with Crippen LogP contribution in [0.15, 0.2) is 24.3 Å². The van der Waals surface area contributed by atoms with Gasteiger partial charge in [0, 0.05) is 16.0 Å². The largest absolute Gasteiger partial charge is 0.507 e. The lowest BCUT2D eigenvalue weighted by Gasteiger charge is -2.27. The van der Waals surface area contributed by atoms with Crippen LogP contribution in [0.4, 0.5) is 0 Å². The Morgan fingerprint density at radius 1 is 1.27 bits per heavy atom. The molecule has 0 aliphatic heterocycles. The van der Waals surface area contributed by atoms with Gasteiger partial charge >= 0.3 is 5.97 Å². The number of ether oxygens (including phenoxy) is 1. The van der Waals surface area contributed by atoms with Crippen molar-refractivity contribution in [2.45, 2.75) is 39.4 Å². The Hall–Kier alpha value is -1.78.